The van der Waals surface area contributed by atoms with Gasteiger partial charge in [0.2, 0.25) is 11.7 Å². The predicted molar refractivity (Wildman–Crippen MR) is 69.9 cm³/mol. The van der Waals surface area contributed by atoms with Crippen LogP contribution in [0.1, 0.15) is 25.7 Å². The SMILES string of the molecule is O=C(CC1CCCCO1)Nc1ccc(F)c([N+](=O)[O-])c1. The molecule has 1 N–H and O–H groups in total. The van der Waals surface area contributed by atoms with Gasteiger partial charge in [-0.2, -0.15) is 4.39 Å². The summed E-state index contributed by atoms with van der Waals surface area (Å²) in [4.78, 5) is 21.6. The van der Waals surface area contributed by atoms with E-state index < -0.39 is 16.4 Å². The van der Waals surface area contributed by atoms with E-state index in [1.165, 1.54) is 6.07 Å². The van der Waals surface area contributed by atoms with Crippen molar-refractivity contribution >= 4 is 17.3 Å². The molecule has 20 heavy (non-hydrogen) atoms. The molecule has 1 unspecified atom stereocenters. The number of nitrogens with zero attached hydrogens (tertiary/aromatic N) is 1. The molecule has 0 aromatic heterocycles. The molecule has 1 amide bonds. The van der Waals surface area contributed by atoms with E-state index >= 15 is 0 Å². The lowest BCUT2D eigenvalue weighted by Crippen LogP contribution is -2.25. The number of anilines is 1. The Kier molecular flexibility index (Phi) is 4.62. The molecule has 1 aliphatic rings. The number of halogens is 1. The van der Waals surface area contributed by atoms with Crippen LogP contribution in [0.2, 0.25) is 0 Å². The number of carbonyl (C=O) groups is 1. The molecule has 1 atom stereocenters. The maximum Gasteiger partial charge on any atom is 0.306 e. The summed E-state index contributed by atoms with van der Waals surface area (Å²) in [5, 5.41) is 13.1. The second kappa shape index (κ2) is 6.42. The van der Waals surface area contributed by atoms with Crippen molar-refractivity contribution in [3.8, 4) is 0 Å². The molecule has 7 heteroatoms. The Bertz CT molecular complexity index is 515. The molecule has 2 rings (SSSR count). The van der Waals surface area contributed by atoms with Crippen molar-refractivity contribution in [2.75, 3.05) is 11.9 Å². The summed E-state index contributed by atoms with van der Waals surface area (Å²) in [6, 6.07) is 3.27. The van der Waals surface area contributed by atoms with Crippen LogP contribution in [0.4, 0.5) is 15.8 Å². The summed E-state index contributed by atoms with van der Waals surface area (Å²) in [6.45, 7) is 0.653. The summed E-state index contributed by atoms with van der Waals surface area (Å²) in [6.07, 6.45) is 2.95. The van der Waals surface area contributed by atoms with Crippen molar-refractivity contribution in [2.24, 2.45) is 0 Å². The number of amides is 1. The fraction of sp³-hybridized carbons (Fsp3) is 0.462. The van der Waals surface area contributed by atoms with Gasteiger partial charge in [0.05, 0.1) is 17.4 Å². The first-order chi connectivity index (χ1) is 9.56. The van der Waals surface area contributed by atoms with Crippen molar-refractivity contribution in [3.63, 3.8) is 0 Å². The standard InChI is InChI=1S/C13H15FN2O4/c14-11-5-4-9(7-12(11)16(18)19)15-13(17)8-10-3-1-2-6-20-10/h4-5,7,10H,1-3,6,8H2,(H,15,17). The molecule has 0 spiro atoms. The van der Waals surface area contributed by atoms with Gasteiger partial charge in [-0.05, 0) is 31.4 Å². The Morgan fingerprint density at radius 3 is 2.95 bits per heavy atom. The third-order valence-electron chi connectivity index (χ3n) is 3.11. The highest BCUT2D eigenvalue weighted by Gasteiger charge is 2.19. The number of nitro benzene ring substituents is 1. The van der Waals surface area contributed by atoms with Gasteiger partial charge in [0.15, 0.2) is 0 Å². The summed E-state index contributed by atoms with van der Waals surface area (Å²) in [7, 11) is 0. The van der Waals surface area contributed by atoms with Gasteiger partial charge < -0.3 is 10.1 Å². The van der Waals surface area contributed by atoms with E-state index in [0.29, 0.717) is 6.61 Å². The molecule has 1 aromatic carbocycles. The van der Waals surface area contributed by atoms with Crippen LogP contribution in [0.5, 0.6) is 0 Å². The molecular weight excluding hydrogens is 267 g/mol. The number of rotatable bonds is 4. The first-order valence-corrected chi connectivity index (χ1v) is 6.41. The maximum absolute atomic E-state index is 13.2. The number of nitro groups is 1. The number of ether oxygens (including phenoxy) is 1. The zero-order chi connectivity index (χ0) is 14.5. The Hall–Kier alpha value is -2.02. The Balaban J connectivity index is 1.96. The fourth-order valence-electron chi connectivity index (χ4n) is 2.12. The second-order valence-corrected chi connectivity index (χ2v) is 4.66. The third kappa shape index (κ3) is 3.74. The monoisotopic (exact) mass is 282 g/mol. The second-order valence-electron chi connectivity index (χ2n) is 4.66. The van der Waals surface area contributed by atoms with E-state index in [9.17, 15) is 19.3 Å². The zero-order valence-corrected chi connectivity index (χ0v) is 10.8. The van der Waals surface area contributed by atoms with Crippen LogP contribution in [0.25, 0.3) is 0 Å². The van der Waals surface area contributed by atoms with Crippen LogP contribution in [0.15, 0.2) is 18.2 Å². The van der Waals surface area contributed by atoms with Gasteiger partial charge in [0, 0.05) is 18.4 Å². The quantitative estimate of drug-likeness (QED) is 0.680. The Labute approximate surface area is 115 Å². The predicted octanol–water partition coefficient (Wildman–Crippen LogP) is 2.63. The van der Waals surface area contributed by atoms with Crippen LogP contribution >= 0.6 is 0 Å². The Morgan fingerprint density at radius 1 is 1.50 bits per heavy atom. The van der Waals surface area contributed by atoms with Gasteiger partial charge in [-0.3, -0.25) is 14.9 Å². The van der Waals surface area contributed by atoms with Crippen molar-refractivity contribution in [3.05, 3.63) is 34.1 Å². The number of hydrogen-bond donors (Lipinski definition) is 1. The van der Waals surface area contributed by atoms with Crippen molar-refractivity contribution < 1.29 is 18.8 Å². The highest BCUT2D eigenvalue weighted by atomic mass is 19.1. The zero-order valence-electron chi connectivity index (χ0n) is 10.8. The van der Waals surface area contributed by atoms with Crippen LogP contribution in [-0.4, -0.2) is 23.5 Å². The summed E-state index contributed by atoms with van der Waals surface area (Å²) >= 11 is 0. The topological polar surface area (TPSA) is 81.5 Å². The van der Waals surface area contributed by atoms with Crippen molar-refractivity contribution in [2.45, 2.75) is 31.8 Å². The van der Waals surface area contributed by atoms with E-state index in [0.717, 1.165) is 31.4 Å². The average molecular weight is 282 g/mol. The van der Waals surface area contributed by atoms with Gasteiger partial charge in [0.1, 0.15) is 0 Å². The van der Waals surface area contributed by atoms with Gasteiger partial charge in [-0.15, -0.1) is 0 Å². The molecule has 6 nitrogen and oxygen atoms in total. The summed E-state index contributed by atoms with van der Waals surface area (Å²) in [5.41, 5.74) is -0.448. The average Bonchev–Trinajstić information content (AvgIpc) is 2.41. The van der Waals surface area contributed by atoms with Crippen LogP contribution in [0, 0.1) is 15.9 Å². The molecule has 1 fully saturated rings. The summed E-state index contributed by atoms with van der Waals surface area (Å²) < 4.78 is 18.6. The van der Waals surface area contributed by atoms with Crippen LogP contribution in [0.3, 0.4) is 0 Å². The van der Waals surface area contributed by atoms with E-state index in [1.54, 1.807) is 0 Å². The Morgan fingerprint density at radius 2 is 2.30 bits per heavy atom. The fourth-order valence-corrected chi connectivity index (χ4v) is 2.12. The first-order valence-electron chi connectivity index (χ1n) is 6.41. The molecule has 108 valence electrons. The molecule has 1 heterocycles. The minimum absolute atomic E-state index is 0.112. The number of nitrogens with one attached hydrogen (secondary N) is 1. The number of carbonyl (C=O) groups excluding carboxylic acids is 1. The van der Waals surface area contributed by atoms with Crippen LogP contribution in [-0.2, 0) is 9.53 Å². The van der Waals surface area contributed by atoms with Crippen molar-refractivity contribution in [1.29, 1.82) is 0 Å². The molecule has 1 aliphatic heterocycles. The minimum atomic E-state index is -0.927. The molecular formula is C13H15FN2O4. The van der Waals surface area contributed by atoms with E-state index in [2.05, 4.69) is 5.32 Å². The lowest BCUT2D eigenvalue weighted by atomic mass is 10.1. The van der Waals surface area contributed by atoms with Gasteiger partial charge in [-0.25, -0.2) is 0 Å². The van der Waals surface area contributed by atoms with Crippen LogP contribution < -0.4 is 5.32 Å². The number of hydrogen-bond acceptors (Lipinski definition) is 4. The minimum Gasteiger partial charge on any atom is -0.378 e. The smallest absolute Gasteiger partial charge is 0.306 e. The number of benzene rings is 1. The van der Waals surface area contributed by atoms with Gasteiger partial charge in [-0.1, -0.05) is 0 Å². The van der Waals surface area contributed by atoms with E-state index in [4.69, 9.17) is 4.74 Å². The molecule has 0 saturated carbocycles. The normalized spacial score (nSPS) is 18.6. The molecule has 0 bridgehead atoms. The molecule has 0 aliphatic carbocycles. The highest BCUT2D eigenvalue weighted by Crippen LogP contribution is 2.22. The van der Waals surface area contributed by atoms with Gasteiger partial charge in [0.25, 0.3) is 0 Å². The molecule has 1 aromatic rings. The third-order valence-corrected chi connectivity index (χ3v) is 3.11. The van der Waals surface area contributed by atoms with Gasteiger partial charge >= 0.3 is 5.69 Å². The lowest BCUT2D eigenvalue weighted by molar-refractivity contribution is -0.387. The maximum atomic E-state index is 13.2. The largest absolute Gasteiger partial charge is 0.378 e. The first kappa shape index (κ1) is 14.4. The molecule has 0 radical (unpaired) electrons. The lowest BCUT2D eigenvalue weighted by Gasteiger charge is -2.21. The summed E-state index contributed by atoms with van der Waals surface area (Å²) in [5.74, 6) is -1.22. The highest BCUT2D eigenvalue weighted by molar-refractivity contribution is 5.91. The van der Waals surface area contributed by atoms with Crippen molar-refractivity contribution in [1.82, 2.24) is 0 Å². The van der Waals surface area contributed by atoms with E-state index in [1.807, 2.05) is 0 Å². The van der Waals surface area contributed by atoms with E-state index in [-0.39, 0.29) is 24.1 Å². The molecule has 1 saturated heterocycles.